The number of fused-ring (bicyclic) bond motifs is 1. The summed E-state index contributed by atoms with van der Waals surface area (Å²) in [6.07, 6.45) is 1.97. The molecular weight excluding hydrogens is 404 g/mol. The smallest absolute Gasteiger partial charge is 0.253 e. The van der Waals surface area contributed by atoms with Crippen molar-refractivity contribution < 1.29 is 19.1 Å². The van der Waals surface area contributed by atoms with Crippen molar-refractivity contribution in [2.45, 2.75) is 19.3 Å². The largest absolute Gasteiger partial charge is 0.492 e. The van der Waals surface area contributed by atoms with Gasteiger partial charge in [0, 0.05) is 35.7 Å². The second-order valence-corrected chi connectivity index (χ2v) is 8.06. The van der Waals surface area contributed by atoms with E-state index in [1.54, 1.807) is 36.4 Å². The fourth-order valence-corrected chi connectivity index (χ4v) is 3.99. The number of carbonyl (C=O) groups excluding carboxylic acids is 2. The zero-order valence-electron chi connectivity index (χ0n) is 16.4. The number of ether oxygens (including phenoxy) is 2. The van der Waals surface area contributed by atoms with E-state index in [0.717, 1.165) is 18.4 Å². The molecule has 2 aliphatic heterocycles. The minimum absolute atomic E-state index is 0.0214. The third kappa shape index (κ3) is 4.42. The standard InChI is InChI=1S/C23H21ClN2O4/c24-19-2-4-22(18(10-19)12-25)29-13-15-5-7-26(8-6-15)23(28)16-1-3-21-17(9-16)11-20(27)14-30-21/h1-4,9-10,15H,5-8,11,13-14H2. The first kappa shape index (κ1) is 20.2. The van der Waals surface area contributed by atoms with Crippen LogP contribution in [0.4, 0.5) is 0 Å². The number of likely N-dealkylation sites (tertiary alicyclic amines) is 1. The van der Waals surface area contributed by atoms with E-state index < -0.39 is 0 Å². The molecule has 1 saturated heterocycles. The normalized spacial score (nSPS) is 16.4. The maximum atomic E-state index is 12.9. The van der Waals surface area contributed by atoms with Crippen LogP contribution in [0, 0.1) is 17.2 Å². The van der Waals surface area contributed by atoms with Crippen LogP contribution in [-0.2, 0) is 11.2 Å². The summed E-state index contributed by atoms with van der Waals surface area (Å²) >= 11 is 5.92. The highest BCUT2D eigenvalue weighted by Crippen LogP contribution is 2.27. The molecule has 30 heavy (non-hydrogen) atoms. The molecule has 0 unspecified atom stereocenters. The van der Waals surface area contributed by atoms with Gasteiger partial charge in [-0.1, -0.05) is 11.6 Å². The number of hydrogen-bond acceptors (Lipinski definition) is 5. The van der Waals surface area contributed by atoms with Crippen molar-refractivity contribution in [2.75, 3.05) is 26.3 Å². The Bertz CT molecular complexity index is 1020. The topological polar surface area (TPSA) is 79.6 Å². The number of halogens is 1. The van der Waals surface area contributed by atoms with E-state index in [1.807, 2.05) is 4.90 Å². The molecule has 1 fully saturated rings. The molecule has 0 bridgehead atoms. The molecule has 0 aliphatic carbocycles. The summed E-state index contributed by atoms with van der Waals surface area (Å²) < 4.78 is 11.2. The predicted octanol–water partition coefficient (Wildman–Crippen LogP) is 3.65. The van der Waals surface area contributed by atoms with Crippen LogP contribution in [0.2, 0.25) is 5.02 Å². The highest BCUT2D eigenvalue weighted by atomic mass is 35.5. The molecule has 4 rings (SSSR count). The SMILES string of the molecule is N#Cc1cc(Cl)ccc1OCC1CCN(C(=O)c2ccc3c(c2)CC(=O)CO3)CC1. The second kappa shape index (κ2) is 8.76. The van der Waals surface area contributed by atoms with Gasteiger partial charge in [-0.05, 0) is 55.2 Å². The number of Topliss-reactive ketones (excluding diaryl/α,β-unsaturated/α-hetero) is 1. The van der Waals surface area contributed by atoms with Gasteiger partial charge in [0.1, 0.15) is 24.2 Å². The Kier molecular flexibility index (Phi) is 5.91. The molecule has 154 valence electrons. The minimum atomic E-state index is -0.0281. The first-order valence-electron chi connectivity index (χ1n) is 9.92. The predicted molar refractivity (Wildman–Crippen MR) is 111 cm³/mol. The van der Waals surface area contributed by atoms with Gasteiger partial charge in [-0.25, -0.2) is 0 Å². The summed E-state index contributed by atoms with van der Waals surface area (Å²) in [6, 6.07) is 12.4. The van der Waals surface area contributed by atoms with E-state index in [9.17, 15) is 14.9 Å². The first-order valence-corrected chi connectivity index (χ1v) is 10.3. The van der Waals surface area contributed by atoms with Gasteiger partial charge in [0.2, 0.25) is 0 Å². The van der Waals surface area contributed by atoms with Crippen LogP contribution >= 0.6 is 11.6 Å². The van der Waals surface area contributed by atoms with Crippen molar-refractivity contribution in [3.63, 3.8) is 0 Å². The highest BCUT2D eigenvalue weighted by Gasteiger charge is 2.26. The molecule has 0 aromatic heterocycles. The molecule has 2 aromatic rings. The van der Waals surface area contributed by atoms with Gasteiger partial charge in [0.05, 0.1) is 12.2 Å². The maximum Gasteiger partial charge on any atom is 0.253 e. The molecule has 0 radical (unpaired) electrons. The zero-order valence-corrected chi connectivity index (χ0v) is 17.2. The van der Waals surface area contributed by atoms with Gasteiger partial charge in [0.15, 0.2) is 5.78 Å². The molecule has 0 N–H and O–H groups in total. The van der Waals surface area contributed by atoms with Gasteiger partial charge in [-0.2, -0.15) is 5.26 Å². The number of rotatable bonds is 4. The Morgan fingerprint density at radius 1 is 1.23 bits per heavy atom. The van der Waals surface area contributed by atoms with Crippen LogP contribution in [0.3, 0.4) is 0 Å². The van der Waals surface area contributed by atoms with Crippen molar-refractivity contribution in [1.82, 2.24) is 4.90 Å². The third-order valence-corrected chi connectivity index (χ3v) is 5.76. The molecule has 6 nitrogen and oxygen atoms in total. The van der Waals surface area contributed by atoms with E-state index in [2.05, 4.69) is 6.07 Å². The fraction of sp³-hybridized carbons (Fsp3) is 0.348. The summed E-state index contributed by atoms with van der Waals surface area (Å²) in [6.45, 7) is 1.88. The Morgan fingerprint density at radius 2 is 2.03 bits per heavy atom. The first-order chi connectivity index (χ1) is 14.5. The van der Waals surface area contributed by atoms with E-state index in [4.69, 9.17) is 21.1 Å². The minimum Gasteiger partial charge on any atom is -0.492 e. The highest BCUT2D eigenvalue weighted by molar-refractivity contribution is 6.30. The number of carbonyl (C=O) groups is 2. The van der Waals surface area contributed by atoms with Crippen LogP contribution in [0.25, 0.3) is 0 Å². The van der Waals surface area contributed by atoms with E-state index in [0.29, 0.717) is 59.7 Å². The molecule has 2 aliphatic rings. The second-order valence-electron chi connectivity index (χ2n) is 7.63. The molecule has 2 aromatic carbocycles. The summed E-state index contributed by atoms with van der Waals surface area (Å²) in [5.41, 5.74) is 1.78. The van der Waals surface area contributed by atoms with Crippen LogP contribution in [0.5, 0.6) is 11.5 Å². The Labute approximate surface area is 179 Å². The lowest BCUT2D eigenvalue weighted by molar-refractivity contribution is -0.121. The van der Waals surface area contributed by atoms with Gasteiger partial charge < -0.3 is 14.4 Å². The van der Waals surface area contributed by atoms with Crippen LogP contribution < -0.4 is 9.47 Å². The van der Waals surface area contributed by atoms with Gasteiger partial charge in [-0.15, -0.1) is 0 Å². The third-order valence-electron chi connectivity index (χ3n) is 5.52. The monoisotopic (exact) mass is 424 g/mol. The lowest BCUT2D eigenvalue weighted by atomic mass is 9.96. The number of ketones is 1. The van der Waals surface area contributed by atoms with Gasteiger partial charge in [0.25, 0.3) is 5.91 Å². The number of hydrogen-bond donors (Lipinski definition) is 0. The average Bonchev–Trinajstić information content (AvgIpc) is 2.77. The van der Waals surface area contributed by atoms with Gasteiger partial charge in [-0.3, -0.25) is 9.59 Å². The number of amides is 1. The molecule has 7 heteroatoms. The van der Waals surface area contributed by atoms with Crippen molar-refractivity contribution in [3.8, 4) is 17.6 Å². The Balaban J connectivity index is 1.32. The van der Waals surface area contributed by atoms with Gasteiger partial charge >= 0.3 is 0 Å². The van der Waals surface area contributed by atoms with E-state index in [-0.39, 0.29) is 18.3 Å². The Hall–Kier alpha value is -3.04. The summed E-state index contributed by atoms with van der Waals surface area (Å²) in [7, 11) is 0. The molecule has 1 amide bonds. The number of nitriles is 1. The summed E-state index contributed by atoms with van der Waals surface area (Å²) in [4.78, 5) is 26.3. The molecule has 0 saturated carbocycles. The van der Waals surface area contributed by atoms with Crippen molar-refractivity contribution in [1.29, 1.82) is 5.26 Å². The number of nitrogens with zero attached hydrogens (tertiary/aromatic N) is 2. The van der Waals surface area contributed by atoms with Crippen LogP contribution in [-0.4, -0.2) is 42.9 Å². The maximum absolute atomic E-state index is 12.9. The lowest BCUT2D eigenvalue weighted by Crippen LogP contribution is -2.39. The molecular formula is C23H21ClN2O4. The molecule has 0 atom stereocenters. The number of benzene rings is 2. The van der Waals surface area contributed by atoms with E-state index in [1.165, 1.54) is 0 Å². The van der Waals surface area contributed by atoms with Crippen LogP contribution in [0.15, 0.2) is 36.4 Å². The average molecular weight is 425 g/mol. The quantitative estimate of drug-likeness (QED) is 0.748. The van der Waals surface area contributed by atoms with Crippen molar-refractivity contribution in [3.05, 3.63) is 58.1 Å². The lowest BCUT2D eigenvalue weighted by Gasteiger charge is -2.32. The number of piperidine rings is 1. The molecule has 2 heterocycles. The van der Waals surface area contributed by atoms with Crippen molar-refractivity contribution in [2.24, 2.45) is 5.92 Å². The molecule has 0 spiro atoms. The summed E-state index contributed by atoms with van der Waals surface area (Å²) in [5, 5.41) is 9.72. The van der Waals surface area contributed by atoms with Crippen molar-refractivity contribution >= 4 is 23.3 Å². The fourth-order valence-electron chi connectivity index (χ4n) is 3.82. The zero-order chi connectivity index (χ0) is 21.1. The van der Waals surface area contributed by atoms with Crippen LogP contribution in [0.1, 0.15) is 34.3 Å². The Morgan fingerprint density at radius 3 is 2.80 bits per heavy atom. The summed E-state index contributed by atoms with van der Waals surface area (Å²) in [5.74, 6) is 1.52. The van der Waals surface area contributed by atoms with E-state index >= 15 is 0 Å².